The van der Waals surface area contributed by atoms with Gasteiger partial charge in [-0.1, -0.05) is 38.3 Å². The summed E-state index contributed by atoms with van der Waals surface area (Å²) in [5.74, 6) is 0.850. The highest BCUT2D eigenvalue weighted by Crippen LogP contribution is 2.23. The van der Waals surface area contributed by atoms with Crippen LogP contribution in [0.1, 0.15) is 73.7 Å². The molecule has 0 aromatic carbocycles. The molecule has 1 aromatic rings. The molecular weight excluding hydrogens is 228 g/mol. The van der Waals surface area contributed by atoms with Gasteiger partial charge in [-0.25, -0.2) is 0 Å². The van der Waals surface area contributed by atoms with E-state index in [-0.39, 0.29) is 11.8 Å². The van der Waals surface area contributed by atoms with E-state index in [0.29, 0.717) is 23.1 Å². The SMILES string of the molecule is Cc1noc(C(C)C)c1C(=O)NC1CCCCC1. The van der Waals surface area contributed by atoms with E-state index in [1.54, 1.807) is 0 Å². The van der Waals surface area contributed by atoms with E-state index in [2.05, 4.69) is 10.5 Å². The Morgan fingerprint density at radius 3 is 2.61 bits per heavy atom. The molecule has 1 aromatic heterocycles. The first-order valence-corrected chi connectivity index (χ1v) is 6.86. The van der Waals surface area contributed by atoms with Crippen LogP contribution in [0.4, 0.5) is 0 Å². The number of nitrogens with one attached hydrogen (secondary N) is 1. The van der Waals surface area contributed by atoms with Gasteiger partial charge in [0.25, 0.3) is 5.91 Å². The number of carbonyl (C=O) groups is 1. The highest BCUT2D eigenvalue weighted by atomic mass is 16.5. The number of rotatable bonds is 3. The standard InChI is InChI=1S/C14H22N2O2/c1-9(2)13-12(10(3)16-18-13)14(17)15-11-7-5-4-6-8-11/h9,11H,4-8H2,1-3H3,(H,15,17). The minimum atomic E-state index is -0.0237. The number of hydrogen-bond acceptors (Lipinski definition) is 3. The summed E-state index contributed by atoms with van der Waals surface area (Å²) in [5.41, 5.74) is 1.32. The lowest BCUT2D eigenvalue weighted by Gasteiger charge is -2.22. The van der Waals surface area contributed by atoms with E-state index < -0.39 is 0 Å². The van der Waals surface area contributed by atoms with E-state index in [1.807, 2.05) is 20.8 Å². The van der Waals surface area contributed by atoms with Crippen molar-refractivity contribution >= 4 is 5.91 Å². The topological polar surface area (TPSA) is 55.1 Å². The second-order valence-electron chi connectivity index (χ2n) is 5.47. The lowest BCUT2D eigenvalue weighted by molar-refractivity contribution is 0.0924. The van der Waals surface area contributed by atoms with Crippen LogP contribution in [-0.4, -0.2) is 17.1 Å². The summed E-state index contributed by atoms with van der Waals surface area (Å²) >= 11 is 0. The average molecular weight is 250 g/mol. The van der Waals surface area contributed by atoms with Crippen LogP contribution in [0, 0.1) is 6.92 Å². The number of nitrogens with zero attached hydrogens (tertiary/aromatic N) is 1. The highest BCUT2D eigenvalue weighted by molar-refractivity contribution is 5.96. The number of aromatic nitrogens is 1. The fraction of sp³-hybridized carbons (Fsp3) is 0.714. The van der Waals surface area contributed by atoms with Gasteiger partial charge in [0.1, 0.15) is 5.56 Å². The smallest absolute Gasteiger partial charge is 0.257 e. The van der Waals surface area contributed by atoms with Crippen LogP contribution in [0.2, 0.25) is 0 Å². The number of hydrogen-bond donors (Lipinski definition) is 1. The van der Waals surface area contributed by atoms with Crippen molar-refractivity contribution in [3.8, 4) is 0 Å². The van der Waals surface area contributed by atoms with Crippen LogP contribution >= 0.6 is 0 Å². The third-order valence-electron chi connectivity index (χ3n) is 3.58. The van der Waals surface area contributed by atoms with E-state index >= 15 is 0 Å². The van der Waals surface area contributed by atoms with E-state index in [4.69, 9.17) is 4.52 Å². The molecule has 0 saturated heterocycles. The molecule has 0 unspecified atom stereocenters. The molecular formula is C14H22N2O2. The third-order valence-corrected chi connectivity index (χ3v) is 3.58. The maximum absolute atomic E-state index is 12.3. The Hall–Kier alpha value is -1.32. The molecule has 1 fully saturated rings. The van der Waals surface area contributed by atoms with Gasteiger partial charge in [-0.2, -0.15) is 0 Å². The van der Waals surface area contributed by atoms with Crippen molar-refractivity contribution in [2.45, 2.75) is 64.8 Å². The zero-order chi connectivity index (χ0) is 13.1. The van der Waals surface area contributed by atoms with Crippen LogP contribution in [0.25, 0.3) is 0 Å². The zero-order valence-corrected chi connectivity index (χ0v) is 11.5. The van der Waals surface area contributed by atoms with Gasteiger partial charge >= 0.3 is 0 Å². The molecule has 100 valence electrons. The molecule has 4 nitrogen and oxygen atoms in total. The fourth-order valence-corrected chi connectivity index (χ4v) is 2.56. The first-order chi connectivity index (χ1) is 8.59. The summed E-state index contributed by atoms with van der Waals surface area (Å²) in [4.78, 5) is 12.3. The summed E-state index contributed by atoms with van der Waals surface area (Å²) < 4.78 is 5.26. The Morgan fingerprint density at radius 1 is 1.33 bits per heavy atom. The first-order valence-electron chi connectivity index (χ1n) is 6.86. The Labute approximate surface area is 108 Å². The maximum Gasteiger partial charge on any atom is 0.257 e. The number of aryl methyl sites for hydroxylation is 1. The Bertz CT molecular complexity index is 417. The van der Waals surface area contributed by atoms with Gasteiger partial charge in [0, 0.05) is 12.0 Å². The second-order valence-corrected chi connectivity index (χ2v) is 5.47. The molecule has 1 aliphatic rings. The lowest BCUT2D eigenvalue weighted by Crippen LogP contribution is -2.36. The largest absolute Gasteiger partial charge is 0.360 e. The van der Waals surface area contributed by atoms with Crippen molar-refractivity contribution in [3.05, 3.63) is 17.0 Å². The monoisotopic (exact) mass is 250 g/mol. The van der Waals surface area contributed by atoms with Crippen molar-refractivity contribution in [2.75, 3.05) is 0 Å². The Balaban J connectivity index is 2.10. The minimum Gasteiger partial charge on any atom is -0.360 e. The van der Waals surface area contributed by atoms with Crippen LogP contribution in [-0.2, 0) is 0 Å². The van der Waals surface area contributed by atoms with Gasteiger partial charge in [0.15, 0.2) is 5.76 Å². The molecule has 1 amide bonds. The molecule has 2 rings (SSSR count). The minimum absolute atomic E-state index is 0.0237. The predicted molar refractivity (Wildman–Crippen MR) is 69.7 cm³/mol. The molecule has 1 heterocycles. The van der Waals surface area contributed by atoms with Crippen LogP contribution in [0.15, 0.2) is 4.52 Å². The molecule has 1 N–H and O–H groups in total. The lowest BCUT2D eigenvalue weighted by atomic mass is 9.95. The summed E-state index contributed by atoms with van der Waals surface area (Å²) in [6, 6.07) is 0.320. The molecule has 4 heteroatoms. The third kappa shape index (κ3) is 2.74. The summed E-state index contributed by atoms with van der Waals surface area (Å²) in [6.45, 7) is 5.85. The summed E-state index contributed by atoms with van der Waals surface area (Å²) in [7, 11) is 0. The summed E-state index contributed by atoms with van der Waals surface area (Å²) in [6.07, 6.45) is 5.89. The molecule has 0 bridgehead atoms. The first kappa shape index (κ1) is 13.1. The van der Waals surface area contributed by atoms with Crippen molar-refractivity contribution < 1.29 is 9.32 Å². The number of amides is 1. The second kappa shape index (κ2) is 5.55. The van der Waals surface area contributed by atoms with E-state index in [0.717, 1.165) is 12.8 Å². The van der Waals surface area contributed by atoms with Crippen LogP contribution < -0.4 is 5.32 Å². The molecule has 1 aliphatic carbocycles. The maximum atomic E-state index is 12.3. The van der Waals surface area contributed by atoms with Crippen molar-refractivity contribution in [3.63, 3.8) is 0 Å². The van der Waals surface area contributed by atoms with Crippen LogP contribution in [0.3, 0.4) is 0 Å². The summed E-state index contributed by atoms with van der Waals surface area (Å²) in [5, 5.41) is 7.03. The van der Waals surface area contributed by atoms with Gasteiger partial charge in [0.2, 0.25) is 0 Å². The van der Waals surface area contributed by atoms with Gasteiger partial charge < -0.3 is 9.84 Å². The van der Waals surface area contributed by atoms with Crippen molar-refractivity contribution in [1.29, 1.82) is 0 Å². The van der Waals surface area contributed by atoms with Gasteiger partial charge in [-0.05, 0) is 19.8 Å². The average Bonchev–Trinajstić information content (AvgIpc) is 2.72. The van der Waals surface area contributed by atoms with E-state index in [9.17, 15) is 4.79 Å². The highest BCUT2D eigenvalue weighted by Gasteiger charge is 2.24. The molecule has 0 aliphatic heterocycles. The fourth-order valence-electron chi connectivity index (χ4n) is 2.56. The quantitative estimate of drug-likeness (QED) is 0.896. The van der Waals surface area contributed by atoms with Crippen molar-refractivity contribution in [2.24, 2.45) is 0 Å². The molecule has 0 spiro atoms. The van der Waals surface area contributed by atoms with Gasteiger partial charge in [-0.15, -0.1) is 0 Å². The van der Waals surface area contributed by atoms with E-state index in [1.165, 1.54) is 19.3 Å². The van der Waals surface area contributed by atoms with Gasteiger partial charge in [0.05, 0.1) is 5.69 Å². The molecule has 1 saturated carbocycles. The number of carbonyl (C=O) groups excluding carboxylic acids is 1. The van der Waals surface area contributed by atoms with Crippen LogP contribution in [0.5, 0.6) is 0 Å². The van der Waals surface area contributed by atoms with Gasteiger partial charge in [-0.3, -0.25) is 4.79 Å². The Morgan fingerprint density at radius 2 is 2.00 bits per heavy atom. The predicted octanol–water partition coefficient (Wildman–Crippen LogP) is 3.17. The molecule has 18 heavy (non-hydrogen) atoms. The Kier molecular flexibility index (Phi) is 4.04. The zero-order valence-electron chi connectivity index (χ0n) is 11.5. The van der Waals surface area contributed by atoms with Crippen molar-refractivity contribution in [1.82, 2.24) is 10.5 Å². The molecule has 0 atom stereocenters. The molecule has 0 radical (unpaired) electrons. The normalized spacial score (nSPS) is 17.1.